The van der Waals surface area contributed by atoms with Gasteiger partial charge in [-0.1, -0.05) is 45.4 Å². The average Bonchev–Trinajstić information content (AvgIpc) is 0.793. The first-order valence-corrected chi connectivity index (χ1v) is 31.0. The van der Waals surface area contributed by atoms with Gasteiger partial charge in [0, 0.05) is 0 Å². The maximum atomic E-state index is 12.6. The predicted octanol–water partition coefficient (Wildman–Crippen LogP) is -7.38. The van der Waals surface area contributed by atoms with Crippen LogP contribution >= 0.6 is 0 Å². The van der Waals surface area contributed by atoms with Crippen LogP contribution in [-0.4, -0.2) is 343 Å². The van der Waals surface area contributed by atoms with E-state index in [9.17, 15) is 96.7 Å². The standard InChI is InChI=1S/C56H98O34/c1-7-13-25(15-12-10-8-9-11-14-24(59)16-28(60)61)82-54-47(37(70)31(64)21(4)80-54)90-56-49(39(72)34(67)27(18-58)84-56)89-53-43(76)46(44(23(6)81-53)85-50-40(73)35(68)29(62)19(2)77-50)87-55-48(38(71)33(66)26(17-57)83-55)88-52-42(75)45(32(65)22(5)79-52)86-51-41(74)36(69)30(63)20(3)78-51/h19-27,29-59,62-76H,7-18H2,1-6H3,(H,60,61)/t19-,20-,21-,22-,23+,24+,25+,26-,27-,29+,30+,31+,32-,33-,34-,35+,36+,37+,38+,39+,40-,41-,42-,43-,44+,45+,46+,47-,48-,49-,50+,51+,52+,53+,54+,55+,56+/m1/s1. The number of aliphatic carboxylic acids is 1. The monoisotopic (exact) mass is 1310 g/mol. The maximum absolute atomic E-state index is 12.6. The van der Waals surface area contributed by atoms with Crippen LogP contribution in [0.4, 0.5) is 0 Å². The molecule has 0 bridgehead atoms. The van der Waals surface area contributed by atoms with E-state index in [0.29, 0.717) is 38.5 Å². The molecule has 7 heterocycles. The van der Waals surface area contributed by atoms with Gasteiger partial charge in [-0.3, -0.25) is 4.79 Å². The molecule has 0 aliphatic carbocycles. The van der Waals surface area contributed by atoms with E-state index in [1.54, 1.807) is 0 Å². The highest BCUT2D eigenvalue weighted by atomic mass is 16.8. The smallest absolute Gasteiger partial charge is 0.305 e. The van der Waals surface area contributed by atoms with Gasteiger partial charge >= 0.3 is 5.97 Å². The Balaban J connectivity index is 1.15. The van der Waals surface area contributed by atoms with Crippen molar-refractivity contribution in [1.82, 2.24) is 0 Å². The van der Waals surface area contributed by atoms with Crippen LogP contribution < -0.4 is 0 Å². The third kappa shape index (κ3) is 17.9. The van der Waals surface area contributed by atoms with E-state index >= 15 is 0 Å². The van der Waals surface area contributed by atoms with E-state index in [1.807, 2.05) is 6.92 Å². The quantitative estimate of drug-likeness (QED) is 0.0324. The second-order valence-electron chi connectivity index (χ2n) is 24.6. The van der Waals surface area contributed by atoms with Crippen molar-refractivity contribution in [2.24, 2.45) is 0 Å². The molecule has 0 aromatic rings. The molecule has 0 aromatic heterocycles. The first-order chi connectivity index (χ1) is 42.5. The van der Waals surface area contributed by atoms with Crippen molar-refractivity contribution < 1.29 is 168 Å². The molecule has 526 valence electrons. The second kappa shape index (κ2) is 33.9. The Morgan fingerprint density at radius 3 is 1.19 bits per heavy atom. The number of carboxylic acid groups (broad SMARTS) is 1. The van der Waals surface area contributed by atoms with Gasteiger partial charge in [0.2, 0.25) is 0 Å². The molecule has 7 saturated heterocycles. The zero-order valence-corrected chi connectivity index (χ0v) is 51.0. The van der Waals surface area contributed by atoms with E-state index in [4.69, 9.17) is 71.4 Å². The molecule has 0 aromatic carbocycles. The van der Waals surface area contributed by atoms with E-state index in [2.05, 4.69) is 0 Å². The van der Waals surface area contributed by atoms with Crippen LogP contribution in [0.15, 0.2) is 0 Å². The first-order valence-electron chi connectivity index (χ1n) is 31.0. The third-order valence-corrected chi connectivity index (χ3v) is 17.7. The van der Waals surface area contributed by atoms with Gasteiger partial charge in [0.25, 0.3) is 0 Å². The number of unbranched alkanes of at least 4 members (excludes halogenated alkanes) is 4. The molecule has 0 spiro atoms. The summed E-state index contributed by atoms with van der Waals surface area (Å²) >= 11 is 0. The lowest BCUT2D eigenvalue weighted by Crippen LogP contribution is -2.69. The Labute approximate surface area is 519 Å². The molecule has 7 aliphatic rings. The van der Waals surface area contributed by atoms with Crippen LogP contribution in [0.2, 0.25) is 0 Å². The average molecular weight is 1320 g/mol. The number of hydrogen-bond donors (Lipinski definition) is 19. The fraction of sp³-hybridized carbons (Fsp3) is 0.982. The highest BCUT2D eigenvalue weighted by Crippen LogP contribution is 2.40. The summed E-state index contributed by atoms with van der Waals surface area (Å²) in [4.78, 5) is 10.9. The number of hydrogen-bond acceptors (Lipinski definition) is 33. The largest absolute Gasteiger partial charge is 0.481 e. The maximum Gasteiger partial charge on any atom is 0.305 e. The van der Waals surface area contributed by atoms with E-state index in [1.165, 1.54) is 34.6 Å². The molecular formula is C56H98O34. The predicted molar refractivity (Wildman–Crippen MR) is 293 cm³/mol. The fourth-order valence-electron chi connectivity index (χ4n) is 12.2. The molecule has 0 saturated carbocycles. The van der Waals surface area contributed by atoms with Gasteiger partial charge in [-0.15, -0.1) is 0 Å². The normalized spacial score (nSPS) is 48.6. The number of ether oxygens (including phenoxy) is 14. The molecule has 7 aliphatic heterocycles. The number of aliphatic hydroxyl groups is 18. The van der Waals surface area contributed by atoms with Crippen LogP contribution in [0.3, 0.4) is 0 Å². The highest BCUT2D eigenvalue weighted by molar-refractivity contribution is 5.67. The summed E-state index contributed by atoms with van der Waals surface area (Å²) < 4.78 is 84.8. The lowest BCUT2D eigenvalue weighted by Gasteiger charge is -2.51. The molecule has 34 heteroatoms. The SMILES string of the molecule is CCC[C@@H](CCCCCCC[C@H](O)CC(=O)O)O[C@@H]1O[C@H](C)[C@H](O)[C@H](O)[C@H]1O[C@@H]1O[C@H](CO)[C@@H](O)[C@H](O)[C@H]1O[C@@H]1O[C@@H](C)[C@H](O[C@@H]2O[C@H](C)[C@H](O)[C@H](O)[C@H]2O)[C@@H](O[C@@H]2O[C@H](CO)[C@@H](O)[C@H](O)[C@H]2O[C@@H]2O[C@H](C)[C@@H](O)[C@H](O[C@@H]3O[C@H](C)[C@H](O)[C@H](O)[C@H]3O)[C@H]2O)[C@H]1O. The van der Waals surface area contributed by atoms with Crippen LogP contribution in [0, 0.1) is 0 Å². The zero-order valence-electron chi connectivity index (χ0n) is 51.0. The summed E-state index contributed by atoms with van der Waals surface area (Å²) in [6.45, 7) is 6.81. The summed E-state index contributed by atoms with van der Waals surface area (Å²) in [5, 5.41) is 208. The minimum atomic E-state index is -2.27. The number of aliphatic hydroxyl groups excluding tert-OH is 18. The molecule has 0 amide bonds. The van der Waals surface area contributed by atoms with Crippen molar-refractivity contribution in [3.8, 4) is 0 Å². The summed E-state index contributed by atoms with van der Waals surface area (Å²) in [5.41, 5.74) is 0. The van der Waals surface area contributed by atoms with Gasteiger partial charge in [0.05, 0.1) is 62.4 Å². The summed E-state index contributed by atoms with van der Waals surface area (Å²) in [7, 11) is 0. The molecule has 0 radical (unpaired) electrons. The van der Waals surface area contributed by atoms with Crippen molar-refractivity contribution in [3.05, 3.63) is 0 Å². The van der Waals surface area contributed by atoms with Gasteiger partial charge in [0.1, 0.15) is 140 Å². The summed E-state index contributed by atoms with van der Waals surface area (Å²) in [5.74, 6) is -1.09. The molecule has 7 rings (SSSR count). The Kier molecular flexibility index (Phi) is 28.5. The lowest BCUT2D eigenvalue weighted by atomic mass is 9.95. The molecule has 0 unspecified atom stereocenters. The second-order valence-corrected chi connectivity index (χ2v) is 24.6. The number of carbonyl (C=O) groups is 1. The lowest BCUT2D eigenvalue weighted by molar-refractivity contribution is -0.415. The first kappa shape index (κ1) is 75.6. The van der Waals surface area contributed by atoms with Crippen LogP contribution in [0.1, 0.15) is 106 Å². The van der Waals surface area contributed by atoms with Crippen molar-refractivity contribution in [1.29, 1.82) is 0 Å². The van der Waals surface area contributed by atoms with Crippen LogP contribution in [0.25, 0.3) is 0 Å². The van der Waals surface area contributed by atoms with Gasteiger partial charge in [-0.05, 0) is 53.9 Å². The minimum Gasteiger partial charge on any atom is -0.481 e. The molecular weight excluding hydrogens is 1220 g/mol. The molecule has 90 heavy (non-hydrogen) atoms. The van der Waals surface area contributed by atoms with Crippen molar-refractivity contribution in [2.75, 3.05) is 13.2 Å². The topological polar surface area (TPSA) is 531 Å². The van der Waals surface area contributed by atoms with Gasteiger partial charge in [-0.2, -0.15) is 0 Å². The fourth-order valence-corrected chi connectivity index (χ4v) is 12.2. The Morgan fingerprint density at radius 2 is 0.711 bits per heavy atom. The van der Waals surface area contributed by atoms with Crippen LogP contribution in [0.5, 0.6) is 0 Å². The summed E-state index contributed by atoms with van der Waals surface area (Å²) in [6.07, 6.45) is -58.7. The number of rotatable bonds is 28. The zero-order chi connectivity index (χ0) is 66.3. The van der Waals surface area contributed by atoms with Gasteiger partial charge in [-0.25, -0.2) is 0 Å². The van der Waals surface area contributed by atoms with Gasteiger partial charge in [0.15, 0.2) is 44.0 Å². The Hall–Kier alpha value is -1.81. The minimum absolute atomic E-state index is 0.340. The molecule has 7 fully saturated rings. The number of carboxylic acids is 1. The van der Waals surface area contributed by atoms with Gasteiger partial charge < -0.3 is 163 Å². The third-order valence-electron chi connectivity index (χ3n) is 17.7. The molecule has 37 atom stereocenters. The molecule has 19 N–H and O–H groups in total. The van der Waals surface area contributed by atoms with E-state index in [0.717, 1.165) is 19.3 Å². The molecule has 34 nitrogen and oxygen atoms in total. The van der Waals surface area contributed by atoms with E-state index in [-0.39, 0.29) is 6.42 Å². The van der Waals surface area contributed by atoms with Crippen LogP contribution in [-0.2, 0) is 71.1 Å². The summed E-state index contributed by atoms with van der Waals surface area (Å²) in [6, 6.07) is 0. The highest BCUT2D eigenvalue weighted by Gasteiger charge is 2.59. The van der Waals surface area contributed by atoms with E-state index < -0.39 is 246 Å². The van der Waals surface area contributed by atoms with Crippen molar-refractivity contribution in [3.63, 3.8) is 0 Å². The van der Waals surface area contributed by atoms with Crippen molar-refractivity contribution >= 4 is 5.97 Å². The Morgan fingerprint density at radius 1 is 0.356 bits per heavy atom. The Bertz CT molecular complexity index is 2130. The van der Waals surface area contributed by atoms with Crippen molar-refractivity contribution in [2.45, 2.75) is 333 Å².